The maximum atomic E-state index is 13.2. The molecule has 1 aliphatic heterocycles. The molecule has 1 heterocycles. The number of nitrogens with one attached hydrogen (secondary N) is 1. The van der Waals surface area contributed by atoms with Crippen LogP contribution in [0.4, 0.5) is 10.5 Å². The van der Waals surface area contributed by atoms with Crippen molar-refractivity contribution in [1.82, 2.24) is 14.5 Å². The van der Waals surface area contributed by atoms with Gasteiger partial charge in [0.25, 0.3) is 0 Å². The van der Waals surface area contributed by atoms with Crippen molar-refractivity contribution in [3.05, 3.63) is 54.1 Å². The van der Waals surface area contributed by atoms with Gasteiger partial charge >= 0.3 is 12.1 Å². The molecule has 0 saturated carbocycles. The Morgan fingerprint density at radius 2 is 1.75 bits per heavy atom. The van der Waals surface area contributed by atoms with Crippen LogP contribution < -0.4 is 15.8 Å². The van der Waals surface area contributed by atoms with Crippen LogP contribution in [0.1, 0.15) is 18.4 Å². The Balaban J connectivity index is 1.72. The summed E-state index contributed by atoms with van der Waals surface area (Å²) < 4.78 is 37.5. The lowest BCUT2D eigenvalue weighted by atomic mass is 10.0. The molecule has 12 heteroatoms. The first-order valence-electron chi connectivity index (χ1n) is 11.3. The summed E-state index contributed by atoms with van der Waals surface area (Å²) in [6, 6.07) is 10.2. The van der Waals surface area contributed by atoms with E-state index in [4.69, 9.17) is 15.2 Å². The van der Waals surface area contributed by atoms with Crippen molar-refractivity contribution in [3.63, 3.8) is 0 Å². The number of rotatable bonds is 8. The Labute approximate surface area is 210 Å². The largest absolute Gasteiger partial charge is 0.467 e. The summed E-state index contributed by atoms with van der Waals surface area (Å²) in [6.07, 6.45) is 0.386. The molecule has 2 amide bonds. The van der Waals surface area contributed by atoms with Gasteiger partial charge in [-0.05, 0) is 54.8 Å². The van der Waals surface area contributed by atoms with Gasteiger partial charge in [-0.2, -0.15) is 4.31 Å². The number of amides is 2. The molecule has 3 rings (SSSR count). The molecule has 1 fully saturated rings. The van der Waals surface area contributed by atoms with E-state index in [1.165, 1.54) is 36.3 Å². The van der Waals surface area contributed by atoms with Crippen molar-refractivity contribution in [1.29, 1.82) is 0 Å². The molecule has 1 saturated heterocycles. The smallest absolute Gasteiger partial charge is 0.414 e. The van der Waals surface area contributed by atoms with Gasteiger partial charge in [0.1, 0.15) is 17.8 Å². The normalized spacial score (nSPS) is 16.7. The minimum atomic E-state index is -3.94. The summed E-state index contributed by atoms with van der Waals surface area (Å²) in [5, 5.41) is 2.65. The van der Waals surface area contributed by atoms with E-state index in [-0.39, 0.29) is 17.9 Å². The average molecular weight is 519 g/mol. The summed E-state index contributed by atoms with van der Waals surface area (Å²) in [4.78, 5) is 38.6. The highest BCUT2D eigenvalue weighted by Gasteiger charge is 2.40. The van der Waals surface area contributed by atoms with Gasteiger partial charge < -0.3 is 25.4 Å². The molecular weight excluding hydrogens is 488 g/mol. The number of esters is 1. The minimum absolute atomic E-state index is 0.0379. The van der Waals surface area contributed by atoms with Crippen molar-refractivity contribution in [2.45, 2.75) is 36.2 Å². The first kappa shape index (κ1) is 27.0. The van der Waals surface area contributed by atoms with Crippen molar-refractivity contribution in [3.8, 4) is 5.75 Å². The van der Waals surface area contributed by atoms with Crippen LogP contribution in [-0.4, -0.2) is 75.4 Å². The molecule has 3 N–H and O–H groups in total. The summed E-state index contributed by atoms with van der Waals surface area (Å²) in [6.45, 7) is 0.181. The number of anilines is 1. The Bertz CT molecular complexity index is 1200. The van der Waals surface area contributed by atoms with E-state index in [9.17, 15) is 22.8 Å². The van der Waals surface area contributed by atoms with Crippen molar-refractivity contribution >= 4 is 33.7 Å². The molecule has 2 atom stereocenters. The van der Waals surface area contributed by atoms with E-state index in [2.05, 4.69) is 5.32 Å². The first-order valence-corrected chi connectivity index (χ1v) is 12.7. The second-order valence-corrected chi connectivity index (χ2v) is 10.4. The lowest BCUT2D eigenvalue weighted by molar-refractivity contribution is -0.145. The fourth-order valence-electron chi connectivity index (χ4n) is 3.79. The Morgan fingerprint density at radius 1 is 1.11 bits per heavy atom. The average Bonchev–Trinajstić information content (AvgIpc) is 3.35. The monoisotopic (exact) mass is 518 g/mol. The minimum Gasteiger partial charge on any atom is -0.467 e. The molecular formula is C24H30N4O7S. The number of sulfonamides is 1. The number of benzene rings is 2. The highest BCUT2D eigenvalue weighted by molar-refractivity contribution is 7.89. The second-order valence-electron chi connectivity index (χ2n) is 8.54. The maximum Gasteiger partial charge on any atom is 0.414 e. The van der Waals surface area contributed by atoms with Crippen molar-refractivity contribution < 1.29 is 32.3 Å². The molecule has 0 spiro atoms. The van der Waals surface area contributed by atoms with Crippen molar-refractivity contribution in [2.75, 3.05) is 33.5 Å². The molecule has 2 aromatic rings. The molecule has 0 aromatic heterocycles. The summed E-state index contributed by atoms with van der Waals surface area (Å²) >= 11 is 0. The van der Waals surface area contributed by atoms with E-state index in [0.717, 1.165) is 4.31 Å². The van der Waals surface area contributed by atoms with Crippen molar-refractivity contribution in [2.24, 2.45) is 0 Å². The van der Waals surface area contributed by atoms with Gasteiger partial charge in [-0.25, -0.2) is 18.0 Å². The number of nitrogens with zero attached hydrogens (tertiary/aromatic N) is 2. The lowest BCUT2D eigenvalue weighted by Gasteiger charge is -2.25. The number of ether oxygens (including phenoxy) is 2. The van der Waals surface area contributed by atoms with E-state index in [0.29, 0.717) is 29.8 Å². The third-order valence-electron chi connectivity index (χ3n) is 5.73. The number of hydrogen-bond acceptors (Lipinski definition) is 8. The topological polar surface area (TPSA) is 148 Å². The van der Waals surface area contributed by atoms with Gasteiger partial charge in [-0.15, -0.1) is 0 Å². The van der Waals surface area contributed by atoms with Gasteiger partial charge in [0.05, 0.1) is 12.0 Å². The molecule has 1 aliphatic rings. The molecule has 0 aliphatic carbocycles. The highest BCUT2D eigenvalue weighted by atomic mass is 32.2. The Kier molecular flexibility index (Phi) is 8.53. The number of carbonyl (C=O) groups excluding carboxylic acids is 3. The number of nitrogen functional groups attached to an aromatic ring is 1. The fourth-order valence-corrected chi connectivity index (χ4v) is 5.45. The van der Waals surface area contributed by atoms with E-state index in [1.807, 2.05) is 0 Å². The summed E-state index contributed by atoms with van der Waals surface area (Å²) in [5.41, 5.74) is 6.76. The van der Waals surface area contributed by atoms with Crippen LogP contribution in [-0.2, 0) is 30.8 Å². The molecule has 0 unspecified atom stereocenters. The molecule has 11 nitrogen and oxygen atoms in total. The van der Waals surface area contributed by atoms with Crippen LogP contribution in [0.15, 0.2) is 53.4 Å². The summed E-state index contributed by atoms with van der Waals surface area (Å²) in [5.74, 6) is -0.929. The van der Waals surface area contributed by atoms with Gasteiger partial charge in [0.15, 0.2) is 0 Å². The lowest BCUT2D eigenvalue weighted by Crippen LogP contribution is -2.51. The zero-order chi connectivity index (χ0) is 26.5. The standard InChI is InChI=1S/C24H30N4O7S/c1-27(2)24(31)35-18-10-6-16(7-11-18)15-20(23(30)34-3)26-22(29)21-5-4-14-28(21)36(32,33)19-12-8-17(25)9-13-19/h6-13,20-21H,4-5,14-15,25H2,1-3H3,(H,26,29)/t20-,21-/m0/s1. The Morgan fingerprint density at radius 3 is 2.33 bits per heavy atom. The van der Waals surface area contributed by atoms with E-state index >= 15 is 0 Å². The van der Waals surface area contributed by atoms with Gasteiger partial charge in [0.2, 0.25) is 15.9 Å². The third kappa shape index (κ3) is 6.32. The van der Waals surface area contributed by atoms with Crippen LogP contribution in [0.25, 0.3) is 0 Å². The van der Waals surface area contributed by atoms with Crippen LogP contribution in [0.5, 0.6) is 5.75 Å². The summed E-state index contributed by atoms with van der Waals surface area (Å²) in [7, 11) is 0.396. The number of nitrogens with two attached hydrogens (primary N) is 1. The van der Waals surface area contributed by atoms with E-state index in [1.54, 1.807) is 38.4 Å². The first-order chi connectivity index (χ1) is 17.0. The van der Waals surface area contributed by atoms with E-state index < -0.39 is 40.1 Å². The number of methoxy groups -OCH3 is 1. The quantitative estimate of drug-likeness (QED) is 0.393. The van der Waals surface area contributed by atoms with Crippen LogP contribution >= 0.6 is 0 Å². The van der Waals surface area contributed by atoms with Crippen LogP contribution in [0, 0.1) is 0 Å². The number of hydrogen-bond donors (Lipinski definition) is 2. The predicted octanol–water partition coefficient (Wildman–Crippen LogP) is 1.38. The maximum absolute atomic E-state index is 13.2. The molecule has 0 bridgehead atoms. The predicted molar refractivity (Wildman–Crippen MR) is 132 cm³/mol. The highest BCUT2D eigenvalue weighted by Crippen LogP contribution is 2.27. The van der Waals surface area contributed by atoms with Crippen LogP contribution in [0.3, 0.4) is 0 Å². The Hall–Kier alpha value is -3.64. The van der Waals surface area contributed by atoms with Crippen LogP contribution in [0.2, 0.25) is 0 Å². The second kappa shape index (κ2) is 11.4. The zero-order valence-electron chi connectivity index (χ0n) is 20.3. The fraction of sp³-hybridized carbons (Fsp3) is 0.375. The van der Waals surface area contributed by atoms with Gasteiger partial charge in [0, 0.05) is 32.7 Å². The zero-order valence-corrected chi connectivity index (χ0v) is 21.2. The molecule has 194 valence electrons. The van der Waals surface area contributed by atoms with Gasteiger partial charge in [-0.3, -0.25) is 4.79 Å². The third-order valence-corrected chi connectivity index (χ3v) is 7.65. The van der Waals surface area contributed by atoms with Gasteiger partial charge in [-0.1, -0.05) is 12.1 Å². The molecule has 2 aromatic carbocycles. The molecule has 0 radical (unpaired) electrons. The SMILES string of the molecule is COC(=O)[C@H](Cc1ccc(OC(=O)N(C)C)cc1)NC(=O)[C@@H]1CCCN1S(=O)(=O)c1ccc(N)cc1. The molecule has 36 heavy (non-hydrogen) atoms. The number of carbonyl (C=O) groups is 3.